The molecule has 22 heavy (non-hydrogen) atoms. The van der Waals surface area contributed by atoms with Crippen LogP contribution in [0.3, 0.4) is 0 Å². The Bertz CT molecular complexity index is 659. The predicted molar refractivity (Wildman–Crippen MR) is 84.8 cm³/mol. The Morgan fingerprint density at radius 3 is 2.41 bits per heavy atom. The lowest BCUT2D eigenvalue weighted by molar-refractivity contribution is -0.132. The molecule has 0 aliphatic carbocycles. The molecule has 116 valence electrons. The van der Waals surface area contributed by atoms with Gasteiger partial charge in [0.05, 0.1) is 10.0 Å². The number of para-hydroxylation sites is 1. The van der Waals surface area contributed by atoms with Crippen LogP contribution in [0.4, 0.5) is 4.39 Å². The van der Waals surface area contributed by atoms with Crippen LogP contribution in [0, 0.1) is 5.82 Å². The standard InChI is InChI=1S/C16H14Cl2FNO2/c1-20(9-11-5-2-3-8-14(11)19)15(21)10-22-16-12(17)6-4-7-13(16)18/h2-8H,9-10H2,1H3. The number of nitrogens with zero attached hydrogens (tertiary/aromatic N) is 1. The Balaban J connectivity index is 1.96. The second-order valence-electron chi connectivity index (χ2n) is 4.68. The third-order valence-electron chi connectivity index (χ3n) is 3.05. The second-order valence-corrected chi connectivity index (χ2v) is 5.50. The summed E-state index contributed by atoms with van der Waals surface area (Å²) in [5, 5.41) is 0.661. The van der Waals surface area contributed by atoms with Gasteiger partial charge in [0.1, 0.15) is 5.82 Å². The molecule has 0 aromatic heterocycles. The summed E-state index contributed by atoms with van der Waals surface area (Å²) < 4.78 is 18.9. The fraction of sp³-hybridized carbons (Fsp3) is 0.188. The minimum atomic E-state index is -0.350. The van der Waals surface area contributed by atoms with Crippen LogP contribution in [0.2, 0.25) is 10.0 Å². The first-order valence-electron chi connectivity index (χ1n) is 6.53. The lowest BCUT2D eigenvalue weighted by Gasteiger charge is -2.18. The molecule has 0 atom stereocenters. The summed E-state index contributed by atoms with van der Waals surface area (Å²) in [6, 6.07) is 11.2. The van der Waals surface area contributed by atoms with E-state index in [1.807, 2.05) is 0 Å². The maximum Gasteiger partial charge on any atom is 0.260 e. The van der Waals surface area contributed by atoms with E-state index in [9.17, 15) is 9.18 Å². The van der Waals surface area contributed by atoms with Crippen molar-refractivity contribution >= 4 is 29.1 Å². The van der Waals surface area contributed by atoms with Crippen LogP contribution < -0.4 is 4.74 Å². The van der Waals surface area contributed by atoms with Crippen molar-refractivity contribution < 1.29 is 13.9 Å². The molecule has 2 rings (SSSR count). The van der Waals surface area contributed by atoms with Gasteiger partial charge >= 0.3 is 0 Å². The quantitative estimate of drug-likeness (QED) is 0.816. The van der Waals surface area contributed by atoms with Crippen molar-refractivity contribution in [3.8, 4) is 5.75 Å². The highest BCUT2D eigenvalue weighted by Crippen LogP contribution is 2.32. The van der Waals surface area contributed by atoms with Crippen molar-refractivity contribution in [3.05, 3.63) is 63.9 Å². The molecule has 0 aliphatic heterocycles. The second kappa shape index (κ2) is 7.47. The summed E-state index contributed by atoms with van der Waals surface area (Å²) in [4.78, 5) is 13.4. The number of amides is 1. The summed E-state index contributed by atoms with van der Waals surface area (Å²) >= 11 is 11.9. The van der Waals surface area contributed by atoms with Gasteiger partial charge in [-0.3, -0.25) is 4.79 Å². The van der Waals surface area contributed by atoms with Crippen LogP contribution in [0.1, 0.15) is 5.56 Å². The number of hydrogen-bond acceptors (Lipinski definition) is 2. The van der Waals surface area contributed by atoms with E-state index >= 15 is 0 Å². The SMILES string of the molecule is CN(Cc1ccccc1F)C(=O)COc1c(Cl)cccc1Cl. The van der Waals surface area contributed by atoms with E-state index in [1.165, 1.54) is 11.0 Å². The highest BCUT2D eigenvalue weighted by Gasteiger charge is 2.14. The van der Waals surface area contributed by atoms with Gasteiger partial charge in [0.2, 0.25) is 0 Å². The summed E-state index contributed by atoms with van der Waals surface area (Å²) in [7, 11) is 1.58. The summed E-state index contributed by atoms with van der Waals surface area (Å²) in [5.41, 5.74) is 0.439. The minimum absolute atomic E-state index is 0.158. The minimum Gasteiger partial charge on any atom is -0.481 e. The molecule has 0 N–H and O–H groups in total. The van der Waals surface area contributed by atoms with Gasteiger partial charge in [-0.25, -0.2) is 4.39 Å². The first-order valence-corrected chi connectivity index (χ1v) is 7.29. The van der Waals surface area contributed by atoms with E-state index in [1.54, 1.807) is 43.4 Å². The van der Waals surface area contributed by atoms with E-state index < -0.39 is 0 Å². The molecular weight excluding hydrogens is 328 g/mol. The molecule has 0 saturated carbocycles. The largest absolute Gasteiger partial charge is 0.481 e. The molecule has 0 saturated heterocycles. The molecule has 3 nitrogen and oxygen atoms in total. The summed E-state index contributed by atoms with van der Waals surface area (Å²) in [6.07, 6.45) is 0. The average Bonchev–Trinajstić information content (AvgIpc) is 2.48. The number of hydrogen-bond donors (Lipinski definition) is 0. The maximum atomic E-state index is 13.6. The first-order chi connectivity index (χ1) is 10.5. The van der Waals surface area contributed by atoms with Crippen molar-refractivity contribution in [2.75, 3.05) is 13.7 Å². The van der Waals surface area contributed by atoms with Crippen LogP contribution >= 0.6 is 23.2 Å². The van der Waals surface area contributed by atoms with Gasteiger partial charge in [-0.05, 0) is 18.2 Å². The number of rotatable bonds is 5. The Kier molecular flexibility index (Phi) is 5.63. The number of benzene rings is 2. The molecule has 0 fully saturated rings. The molecule has 2 aromatic rings. The van der Waals surface area contributed by atoms with E-state index in [-0.39, 0.29) is 30.6 Å². The third kappa shape index (κ3) is 4.12. The molecular formula is C16H14Cl2FNO2. The zero-order valence-corrected chi connectivity index (χ0v) is 13.4. The normalized spacial score (nSPS) is 10.4. The van der Waals surface area contributed by atoms with Gasteiger partial charge in [-0.15, -0.1) is 0 Å². The Morgan fingerprint density at radius 1 is 1.14 bits per heavy atom. The predicted octanol–water partition coefficient (Wildman–Crippen LogP) is 4.17. The van der Waals surface area contributed by atoms with Crippen molar-refractivity contribution in [2.24, 2.45) is 0 Å². The number of halogens is 3. The molecule has 0 bridgehead atoms. The zero-order chi connectivity index (χ0) is 16.1. The topological polar surface area (TPSA) is 29.5 Å². The van der Waals surface area contributed by atoms with Crippen molar-refractivity contribution in [3.63, 3.8) is 0 Å². The third-order valence-corrected chi connectivity index (χ3v) is 3.65. The molecule has 0 aliphatic rings. The molecule has 0 heterocycles. The average molecular weight is 342 g/mol. The number of likely N-dealkylation sites (N-methyl/N-ethyl adjacent to an activating group) is 1. The van der Waals surface area contributed by atoms with E-state index in [2.05, 4.69) is 0 Å². The fourth-order valence-electron chi connectivity index (χ4n) is 1.83. The Hall–Kier alpha value is -1.78. The monoisotopic (exact) mass is 341 g/mol. The van der Waals surface area contributed by atoms with Crippen molar-refractivity contribution in [2.45, 2.75) is 6.54 Å². The maximum absolute atomic E-state index is 13.6. The van der Waals surface area contributed by atoms with E-state index in [4.69, 9.17) is 27.9 Å². The highest BCUT2D eigenvalue weighted by atomic mass is 35.5. The fourth-order valence-corrected chi connectivity index (χ4v) is 2.34. The van der Waals surface area contributed by atoms with Gasteiger partial charge in [0.15, 0.2) is 12.4 Å². The lowest BCUT2D eigenvalue weighted by Crippen LogP contribution is -2.31. The lowest BCUT2D eigenvalue weighted by atomic mass is 10.2. The van der Waals surface area contributed by atoms with Crippen LogP contribution in [0.15, 0.2) is 42.5 Å². The van der Waals surface area contributed by atoms with Crippen LogP contribution in [-0.2, 0) is 11.3 Å². The molecule has 1 amide bonds. The van der Waals surface area contributed by atoms with Gasteiger partial charge in [0, 0.05) is 19.2 Å². The zero-order valence-electron chi connectivity index (χ0n) is 11.9. The highest BCUT2D eigenvalue weighted by molar-refractivity contribution is 6.37. The first kappa shape index (κ1) is 16.6. The van der Waals surface area contributed by atoms with E-state index in [0.29, 0.717) is 15.6 Å². The number of carbonyl (C=O) groups is 1. The van der Waals surface area contributed by atoms with Crippen molar-refractivity contribution in [1.82, 2.24) is 4.90 Å². The molecule has 2 aromatic carbocycles. The van der Waals surface area contributed by atoms with Gasteiger partial charge in [0.25, 0.3) is 5.91 Å². The molecule has 0 radical (unpaired) electrons. The Morgan fingerprint density at radius 2 is 1.77 bits per heavy atom. The molecule has 6 heteroatoms. The van der Waals surface area contributed by atoms with E-state index in [0.717, 1.165) is 0 Å². The van der Waals surface area contributed by atoms with Crippen molar-refractivity contribution in [1.29, 1.82) is 0 Å². The molecule has 0 spiro atoms. The van der Waals surface area contributed by atoms with Crippen LogP contribution in [0.25, 0.3) is 0 Å². The van der Waals surface area contributed by atoms with Crippen LogP contribution in [-0.4, -0.2) is 24.5 Å². The van der Waals surface area contributed by atoms with Crippen LogP contribution in [0.5, 0.6) is 5.75 Å². The molecule has 0 unspecified atom stereocenters. The number of carbonyl (C=O) groups excluding carboxylic acids is 1. The summed E-state index contributed by atoms with van der Waals surface area (Å²) in [6.45, 7) is -0.0699. The smallest absolute Gasteiger partial charge is 0.260 e. The number of ether oxygens (including phenoxy) is 1. The Labute approximate surface area is 138 Å². The van der Waals surface area contributed by atoms with Gasteiger partial charge in [-0.2, -0.15) is 0 Å². The van der Waals surface area contributed by atoms with Gasteiger partial charge < -0.3 is 9.64 Å². The van der Waals surface area contributed by atoms with Gasteiger partial charge in [-0.1, -0.05) is 47.5 Å². The summed E-state index contributed by atoms with van der Waals surface area (Å²) in [5.74, 6) is -0.394.